The van der Waals surface area contributed by atoms with Gasteiger partial charge in [-0.15, -0.1) is 0 Å². The maximum Gasteiger partial charge on any atom is 0.220 e. The van der Waals surface area contributed by atoms with Gasteiger partial charge >= 0.3 is 0 Å². The van der Waals surface area contributed by atoms with Crippen molar-refractivity contribution in [2.75, 3.05) is 32.8 Å². The molecule has 1 aliphatic heterocycles. The quantitative estimate of drug-likeness (QED) is 0.0609. The van der Waals surface area contributed by atoms with Gasteiger partial charge in [0.05, 0.1) is 25.4 Å². The molecule has 0 aromatic heterocycles. The predicted octanol–water partition coefficient (Wildman–Crippen LogP) is 9.90. The van der Waals surface area contributed by atoms with Gasteiger partial charge in [-0.25, -0.2) is 0 Å². The molecular formula is C38H74N2O3. The summed E-state index contributed by atoms with van der Waals surface area (Å²) >= 11 is 0. The molecule has 0 aliphatic carbocycles. The molecule has 0 radical (unpaired) electrons. The summed E-state index contributed by atoms with van der Waals surface area (Å²) < 4.78 is 5.50. The number of morpholine rings is 1. The Hall–Kier alpha value is -0.910. The molecule has 5 nitrogen and oxygen atoms in total. The van der Waals surface area contributed by atoms with Crippen LogP contribution < -0.4 is 5.32 Å². The number of aliphatic hydroxyl groups is 1. The fraction of sp³-hybridized carbons (Fsp3) is 0.921. The van der Waals surface area contributed by atoms with E-state index in [1.165, 1.54) is 141 Å². The van der Waals surface area contributed by atoms with Crippen molar-refractivity contribution in [1.29, 1.82) is 0 Å². The highest BCUT2D eigenvalue weighted by Gasteiger charge is 2.23. The minimum Gasteiger partial charge on any atom is -0.387 e. The van der Waals surface area contributed by atoms with Crippen molar-refractivity contribution in [1.82, 2.24) is 10.2 Å². The lowest BCUT2D eigenvalue weighted by Crippen LogP contribution is -2.52. The summed E-state index contributed by atoms with van der Waals surface area (Å²) in [5.74, 6) is 0.0825. The second-order valence-electron chi connectivity index (χ2n) is 13.3. The van der Waals surface area contributed by atoms with E-state index in [4.69, 9.17) is 4.74 Å². The van der Waals surface area contributed by atoms with Crippen molar-refractivity contribution in [3.63, 3.8) is 0 Å². The Kier molecular flexibility index (Phi) is 29.0. The van der Waals surface area contributed by atoms with Gasteiger partial charge in [0.1, 0.15) is 0 Å². The second kappa shape index (κ2) is 31.1. The molecule has 1 heterocycles. The molecule has 2 atom stereocenters. The molecule has 0 spiro atoms. The molecule has 1 rings (SSSR count). The minimum atomic E-state index is -0.647. The Labute approximate surface area is 268 Å². The number of unbranched alkanes of at least 4 members (excludes halogenated alkanes) is 23. The van der Waals surface area contributed by atoms with Gasteiger partial charge in [-0.1, -0.05) is 167 Å². The summed E-state index contributed by atoms with van der Waals surface area (Å²) in [6, 6.07) is -0.263. The van der Waals surface area contributed by atoms with Crippen molar-refractivity contribution >= 4 is 5.91 Å². The van der Waals surface area contributed by atoms with Crippen molar-refractivity contribution in [3.05, 3.63) is 12.2 Å². The van der Waals surface area contributed by atoms with Crippen LogP contribution in [-0.2, 0) is 9.53 Å². The zero-order valence-corrected chi connectivity index (χ0v) is 28.9. The van der Waals surface area contributed by atoms with E-state index in [0.717, 1.165) is 45.6 Å². The van der Waals surface area contributed by atoms with Crippen molar-refractivity contribution in [2.45, 2.75) is 193 Å². The van der Waals surface area contributed by atoms with E-state index < -0.39 is 6.10 Å². The fourth-order valence-electron chi connectivity index (χ4n) is 6.18. The molecule has 2 N–H and O–H groups in total. The van der Waals surface area contributed by atoms with Crippen molar-refractivity contribution in [2.24, 2.45) is 0 Å². The van der Waals surface area contributed by atoms with Gasteiger partial charge in [-0.05, 0) is 19.3 Å². The number of ether oxygens (including phenoxy) is 1. The highest BCUT2D eigenvalue weighted by atomic mass is 16.5. The Morgan fingerprint density at radius 2 is 1.09 bits per heavy atom. The maximum atomic E-state index is 12.8. The van der Waals surface area contributed by atoms with E-state index in [9.17, 15) is 9.90 Å². The number of allylic oxidation sites excluding steroid dienone is 1. The topological polar surface area (TPSA) is 61.8 Å². The first-order valence-corrected chi connectivity index (χ1v) is 19.1. The number of nitrogens with zero attached hydrogens (tertiary/aromatic N) is 1. The number of hydrogen-bond donors (Lipinski definition) is 2. The van der Waals surface area contributed by atoms with E-state index in [1.807, 2.05) is 6.08 Å². The van der Waals surface area contributed by atoms with Crippen molar-refractivity contribution < 1.29 is 14.6 Å². The average molecular weight is 607 g/mol. The summed E-state index contributed by atoms with van der Waals surface area (Å²) in [5, 5.41) is 14.2. The molecule has 0 saturated carbocycles. The van der Waals surface area contributed by atoms with Crippen LogP contribution in [0.25, 0.3) is 0 Å². The third-order valence-corrected chi connectivity index (χ3v) is 9.13. The van der Waals surface area contributed by atoms with Gasteiger partial charge < -0.3 is 15.2 Å². The normalized spacial score (nSPS) is 15.7. The van der Waals surface area contributed by atoms with Gasteiger partial charge in [0.2, 0.25) is 5.91 Å². The number of aliphatic hydroxyl groups excluding tert-OH is 1. The zero-order chi connectivity index (χ0) is 31.1. The molecule has 43 heavy (non-hydrogen) atoms. The lowest BCUT2D eigenvalue weighted by Gasteiger charge is -2.32. The maximum absolute atomic E-state index is 12.8. The number of rotatable bonds is 31. The predicted molar refractivity (Wildman–Crippen MR) is 186 cm³/mol. The number of amides is 1. The highest BCUT2D eigenvalue weighted by Crippen LogP contribution is 2.14. The average Bonchev–Trinajstić information content (AvgIpc) is 3.01. The van der Waals surface area contributed by atoms with E-state index in [2.05, 4.69) is 30.1 Å². The van der Waals surface area contributed by atoms with Crippen LogP contribution in [-0.4, -0.2) is 60.9 Å². The van der Waals surface area contributed by atoms with Gasteiger partial charge in [0.25, 0.3) is 0 Å². The molecule has 0 aromatic carbocycles. The van der Waals surface area contributed by atoms with Crippen LogP contribution in [0.15, 0.2) is 12.2 Å². The summed E-state index contributed by atoms with van der Waals surface area (Å²) in [6.45, 7) is 8.41. The summed E-state index contributed by atoms with van der Waals surface area (Å²) in [5.41, 5.74) is 0. The minimum absolute atomic E-state index is 0.0825. The Bertz CT molecular complexity index is 620. The third-order valence-electron chi connectivity index (χ3n) is 9.13. The molecule has 1 saturated heterocycles. The van der Waals surface area contributed by atoms with Gasteiger partial charge in [0, 0.05) is 26.1 Å². The van der Waals surface area contributed by atoms with Crippen LogP contribution in [0.4, 0.5) is 0 Å². The molecule has 5 heteroatoms. The van der Waals surface area contributed by atoms with E-state index in [0.29, 0.717) is 13.0 Å². The largest absolute Gasteiger partial charge is 0.387 e. The monoisotopic (exact) mass is 607 g/mol. The fourth-order valence-corrected chi connectivity index (χ4v) is 6.18. The van der Waals surface area contributed by atoms with Crippen LogP contribution >= 0.6 is 0 Å². The number of nitrogens with one attached hydrogen (secondary N) is 1. The van der Waals surface area contributed by atoms with E-state index in [1.54, 1.807) is 0 Å². The van der Waals surface area contributed by atoms with E-state index >= 15 is 0 Å². The molecule has 254 valence electrons. The lowest BCUT2D eigenvalue weighted by atomic mass is 10.0. The van der Waals surface area contributed by atoms with Crippen LogP contribution in [0.1, 0.15) is 181 Å². The Morgan fingerprint density at radius 3 is 1.56 bits per heavy atom. The first-order valence-electron chi connectivity index (χ1n) is 19.1. The van der Waals surface area contributed by atoms with Crippen LogP contribution in [0.5, 0.6) is 0 Å². The van der Waals surface area contributed by atoms with Crippen LogP contribution in [0.2, 0.25) is 0 Å². The molecule has 1 aliphatic rings. The first-order chi connectivity index (χ1) is 21.2. The Balaban J connectivity index is 2.18. The number of carbonyl (C=O) groups is 1. The molecule has 2 unspecified atom stereocenters. The van der Waals surface area contributed by atoms with Gasteiger partial charge in [0.15, 0.2) is 0 Å². The summed E-state index contributed by atoms with van der Waals surface area (Å²) in [4.78, 5) is 15.1. The summed E-state index contributed by atoms with van der Waals surface area (Å²) in [6.07, 6.45) is 36.8. The lowest BCUT2D eigenvalue weighted by molar-refractivity contribution is -0.122. The SMILES string of the molecule is CCCCCCCCCCCCC/C=C/C(O)C(CN1CCOCC1)NC(=O)CCCCCCCCCCCCCCC. The summed E-state index contributed by atoms with van der Waals surface area (Å²) in [7, 11) is 0. The standard InChI is InChI=1S/C38H74N2O3/c1-3-5-7-9-11-13-15-17-19-21-23-25-27-29-37(41)36(35-40-31-33-43-34-32-40)39-38(42)30-28-26-24-22-20-18-16-14-12-10-8-6-4-2/h27,29,36-37,41H,3-26,28,30-35H2,1-2H3,(H,39,42)/b29-27+. The van der Waals surface area contributed by atoms with E-state index in [-0.39, 0.29) is 11.9 Å². The molecular weight excluding hydrogens is 532 g/mol. The molecule has 0 aromatic rings. The third kappa shape index (κ3) is 26.1. The van der Waals surface area contributed by atoms with Crippen LogP contribution in [0.3, 0.4) is 0 Å². The van der Waals surface area contributed by atoms with Gasteiger partial charge in [-0.3, -0.25) is 9.69 Å². The molecule has 0 bridgehead atoms. The number of hydrogen-bond acceptors (Lipinski definition) is 4. The van der Waals surface area contributed by atoms with Crippen LogP contribution in [0, 0.1) is 0 Å². The van der Waals surface area contributed by atoms with Crippen molar-refractivity contribution in [3.8, 4) is 0 Å². The smallest absolute Gasteiger partial charge is 0.220 e. The Morgan fingerprint density at radius 1 is 0.674 bits per heavy atom. The zero-order valence-electron chi connectivity index (χ0n) is 28.9. The first kappa shape index (κ1) is 40.1. The number of carbonyl (C=O) groups excluding carboxylic acids is 1. The second-order valence-corrected chi connectivity index (χ2v) is 13.3. The van der Waals surface area contributed by atoms with Gasteiger partial charge in [-0.2, -0.15) is 0 Å². The highest BCUT2D eigenvalue weighted by molar-refractivity contribution is 5.76. The molecule has 1 amide bonds. The molecule has 1 fully saturated rings.